The quantitative estimate of drug-likeness (QED) is 0.396. The molecule has 0 aliphatic rings. The van der Waals surface area contributed by atoms with Crippen molar-refractivity contribution in [2.45, 2.75) is 0 Å². The minimum absolute atomic E-state index is 0.102. The summed E-state index contributed by atoms with van der Waals surface area (Å²) in [5.74, 6) is -0.884. The molecule has 3 rings (SSSR count). The number of nitrogens with zero attached hydrogens (tertiary/aromatic N) is 1. The molecule has 28 heavy (non-hydrogen) atoms. The molecular weight excluding hydrogens is 350 g/mol. The fourth-order valence-electron chi connectivity index (χ4n) is 2.42. The van der Waals surface area contributed by atoms with Crippen molar-refractivity contribution in [3.8, 4) is 0 Å². The Morgan fingerprint density at radius 2 is 1.25 bits per heavy atom. The summed E-state index contributed by atoms with van der Waals surface area (Å²) in [6.07, 6.45) is 3.14. The SMILES string of the molecule is O=C(N/N=C\c1ccccc1)/C(=C\c1ccccc1)NC(=O)c1ccccc1. The van der Waals surface area contributed by atoms with Crippen LogP contribution in [0.3, 0.4) is 0 Å². The van der Waals surface area contributed by atoms with Crippen LogP contribution in [-0.4, -0.2) is 18.0 Å². The van der Waals surface area contributed by atoms with Crippen LogP contribution in [-0.2, 0) is 4.79 Å². The first-order chi connectivity index (χ1) is 13.7. The van der Waals surface area contributed by atoms with Gasteiger partial charge in [-0.05, 0) is 29.3 Å². The van der Waals surface area contributed by atoms with Gasteiger partial charge in [0.05, 0.1) is 6.21 Å². The van der Waals surface area contributed by atoms with Gasteiger partial charge in [0.25, 0.3) is 11.8 Å². The van der Waals surface area contributed by atoms with E-state index >= 15 is 0 Å². The molecule has 3 aromatic carbocycles. The van der Waals surface area contributed by atoms with Gasteiger partial charge < -0.3 is 5.32 Å². The van der Waals surface area contributed by atoms with Crippen molar-refractivity contribution >= 4 is 24.1 Å². The molecule has 3 aromatic rings. The van der Waals surface area contributed by atoms with Crippen LogP contribution in [0.4, 0.5) is 0 Å². The molecule has 2 N–H and O–H groups in total. The van der Waals surface area contributed by atoms with Crippen LogP contribution in [0.25, 0.3) is 6.08 Å². The second-order valence-corrected chi connectivity index (χ2v) is 5.90. The Balaban J connectivity index is 1.77. The second-order valence-electron chi connectivity index (χ2n) is 5.90. The molecule has 0 radical (unpaired) electrons. The molecule has 0 atom stereocenters. The lowest BCUT2D eigenvalue weighted by Gasteiger charge is -2.09. The van der Waals surface area contributed by atoms with E-state index in [2.05, 4.69) is 15.8 Å². The highest BCUT2D eigenvalue weighted by Crippen LogP contribution is 2.07. The molecule has 0 aliphatic carbocycles. The van der Waals surface area contributed by atoms with Gasteiger partial charge in [0, 0.05) is 5.56 Å². The number of benzene rings is 3. The summed E-state index contributed by atoms with van der Waals surface area (Å²) >= 11 is 0. The smallest absolute Gasteiger partial charge is 0.287 e. The molecule has 0 heterocycles. The normalized spacial score (nSPS) is 11.2. The highest BCUT2D eigenvalue weighted by molar-refractivity contribution is 6.05. The van der Waals surface area contributed by atoms with Crippen molar-refractivity contribution in [1.82, 2.24) is 10.7 Å². The standard InChI is InChI=1S/C23H19N3O2/c27-22(20-14-8-3-9-15-20)25-21(16-18-10-4-1-5-11-18)23(28)26-24-17-19-12-6-2-7-13-19/h1-17H,(H,25,27)(H,26,28)/b21-16+,24-17-. The number of hydrogen-bond acceptors (Lipinski definition) is 3. The number of hydrogen-bond donors (Lipinski definition) is 2. The van der Waals surface area contributed by atoms with Gasteiger partial charge in [-0.2, -0.15) is 5.10 Å². The Morgan fingerprint density at radius 3 is 1.86 bits per heavy atom. The summed E-state index contributed by atoms with van der Waals surface area (Å²) < 4.78 is 0. The molecule has 0 saturated heterocycles. The molecule has 2 amide bonds. The van der Waals surface area contributed by atoms with Crippen LogP contribution in [0.15, 0.2) is 102 Å². The van der Waals surface area contributed by atoms with Crippen molar-refractivity contribution in [2.75, 3.05) is 0 Å². The average Bonchev–Trinajstić information content (AvgIpc) is 2.75. The molecule has 0 aliphatic heterocycles. The largest absolute Gasteiger partial charge is 0.317 e. The van der Waals surface area contributed by atoms with Gasteiger partial charge in [-0.15, -0.1) is 0 Å². The number of nitrogens with one attached hydrogen (secondary N) is 2. The zero-order chi connectivity index (χ0) is 19.6. The summed E-state index contributed by atoms with van der Waals surface area (Å²) in [5, 5.41) is 6.63. The summed E-state index contributed by atoms with van der Waals surface area (Å²) in [6, 6.07) is 27.4. The summed E-state index contributed by atoms with van der Waals surface area (Å²) in [5.41, 5.74) is 4.65. The molecule has 0 aromatic heterocycles. The minimum atomic E-state index is -0.514. The maximum atomic E-state index is 12.6. The van der Waals surface area contributed by atoms with Crippen molar-refractivity contribution < 1.29 is 9.59 Å². The van der Waals surface area contributed by atoms with E-state index in [-0.39, 0.29) is 11.6 Å². The Hall–Kier alpha value is -3.99. The van der Waals surface area contributed by atoms with Gasteiger partial charge in [0.2, 0.25) is 0 Å². The molecule has 138 valence electrons. The van der Waals surface area contributed by atoms with Crippen molar-refractivity contribution in [1.29, 1.82) is 0 Å². The van der Waals surface area contributed by atoms with Crippen LogP contribution in [0.5, 0.6) is 0 Å². The van der Waals surface area contributed by atoms with Gasteiger partial charge in [0.15, 0.2) is 0 Å². The Morgan fingerprint density at radius 1 is 0.714 bits per heavy atom. The van der Waals surface area contributed by atoms with Gasteiger partial charge in [-0.25, -0.2) is 5.43 Å². The number of carbonyl (C=O) groups is 2. The molecule has 0 bridgehead atoms. The molecular formula is C23H19N3O2. The van der Waals surface area contributed by atoms with Crippen LogP contribution >= 0.6 is 0 Å². The second kappa shape index (κ2) is 9.64. The predicted molar refractivity (Wildman–Crippen MR) is 111 cm³/mol. The Labute approximate surface area is 163 Å². The lowest BCUT2D eigenvalue weighted by Crippen LogP contribution is -2.32. The molecule has 0 fully saturated rings. The minimum Gasteiger partial charge on any atom is -0.317 e. The monoisotopic (exact) mass is 369 g/mol. The van der Waals surface area contributed by atoms with Gasteiger partial charge >= 0.3 is 0 Å². The zero-order valence-electron chi connectivity index (χ0n) is 15.1. The van der Waals surface area contributed by atoms with Crippen LogP contribution in [0.2, 0.25) is 0 Å². The van der Waals surface area contributed by atoms with Gasteiger partial charge in [-0.1, -0.05) is 78.9 Å². The highest BCUT2D eigenvalue weighted by atomic mass is 16.2. The number of rotatable bonds is 6. The molecule has 0 spiro atoms. The molecule has 0 unspecified atom stereocenters. The van der Waals surface area contributed by atoms with Crippen LogP contribution in [0, 0.1) is 0 Å². The maximum absolute atomic E-state index is 12.6. The maximum Gasteiger partial charge on any atom is 0.287 e. The van der Waals surface area contributed by atoms with Crippen LogP contribution in [0.1, 0.15) is 21.5 Å². The van der Waals surface area contributed by atoms with Crippen LogP contribution < -0.4 is 10.7 Å². The highest BCUT2D eigenvalue weighted by Gasteiger charge is 2.14. The first-order valence-corrected chi connectivity index (χ1v) is 8.74. The lowest BCUT2D eigenvalue weighted by molar-refractivity contribution is -0.117. The van der Waals surface area contributed by atoms with Crippen molar-refractivity contribution in [3.05, 3.63) is 113 Å². The fourth-order valence-corrected chi connectivity index (χ4v) is 2.42. The topological polar surface area (TPSA) is 70.6 Å². The Kier molecular flexibility index (Phi) is 6.47. The van der Waals surface area contributed by atoms with E-state index in [4.69, 9.17) is 0 Å². The van der Waals surface area contributed by atoms with E-state index in [9.17, 15) is 9.59 Å². The number of amides is 2. The van der Waals surface area contributed by atoms with Gasteiger partial charge in [-0.3, -0.25) is 9.59 Å². The summed E-state index contributed by atoms with van der Waals surface area (Å²) in [4.78, 5) is 25.1. The van der Waals surface area contributed by atoms with E-state index in [0.717, 1.165) is 11.1 Å². The van der Waals surface area contributed by atoms with E-state index < -0.39 is 5.91 Å². The third-order valence-electron chi connectivity index (χ3n) is 3.82. The van der Waals surface area contributed by atoms with E-state index in [1.54, 1.807) is 30.3 Å². The molecule has 5 heteroatoms. The first kappa shape index (κ1) is 18.8. The molecule has 5 nitrogen and oxygen atoms in total. The number of carbonyl (C=O) groups excluding carboxylic acids is 2. The third-order valence-corrected chi connectivity index (χ3v) is 3.82. The average molecular weight is 369 g/mol. The lowest BCUT2D eigenvalue weighted by atomic mass is 10.1. The summed E-state index contributed by atoms with van der Waals surface area (Å²) in [7, 11) is 0. The van der Waals surface area contributed by atoms with E-state index in [1.807, 2.05) is 66.7 Å². The number of hydrazone groups is 1. The zero-order valence-corrected chi connectivity index (χ0v) is 15.1. The predicted octanol–water partition coefficient (Wildman–Crippen LogP) is 3.61. The third kappa shape index (κ3) is 5.51. The van der Waals surface area contributed by atoms with E-state index in [0.29, 0.717) is 5.56 Å². The molecule has 0 saturated carbocycles. The summed E-state index contributed by atoms with van der Waals surface area (Å²) in [6.45, 7) is 0. The fraction of sp³-hybridized carbons (Fsp3) is 0. The van der Waals surface area contributed by atoms with Crippen molar-refractivity contribution in [3.63, 3.8) is 0 Å². The first-order valence-electron chi connectivity index (χ1n) is 8.74. The van der Waals surface area contributed by atoms with E-state index in [1.165, 1.54) is 6.21 Å². The Bertz CT molecular complexity index is 982. The van der Waals surface area contributed by atoms with Crippen molar-refractivity contribution in [2.24, 2.45) is 5.10 Å². The van der Waals surface area contributed by atoms with Gasteiger partial charge in [0.1, 0.15) is 5.70 Å².